The number of thiocarbonyl (C=S) groups is 1. The molecule has 0 saturated carbocycles. The summed E-state index contributed by atoms with van der Waals surface area (Å²) in [5, 5.41) is 7.05. The number of hydrogen-bond donors (Lipinski definition) is 2. The summed E-state index contributed by atoms with van der Waals surface area (Å²) in [5.74, 6) is 0.586. The molecule has 0 aliphatic carbocycles. The van der Waals surface area contributed by atoms with Crippen molar-refractivity contribution in [3.8, 4) is 0 Å². The molecule has 1 aromatic carbocycles. The third-order valence-electron chi connectivity index (χ3n) is 2.12. The lowest BCUT2D eigenvalue weighted by Crippen LogP contribution is -2.31. The largest absolute Gasteiger partial charge is 0.362 e. The molecule has 0 unspecified atom stereocenters. The van der Waals surface area contributed by atoms with E-state index in [0.717, 1.165) is 16.7 Å². The summed E-state index contributed by atoms with van der Waals surface area (Å²) in [6.07, 6.45) is 0. The van der Waals surface area contributed by atoms with E-state index in [2.05, 4.69) is 53.4 Å². The molecule has 16 heavy (non-hydrogen) atoms. The lowest BCUT2D eigenvalue weighted by atomic mass is 10.2. The highest BCUT2D eigenvalue weighted by Crippen LogP contribution is 2.20. The van der Waals surface area contributed by atoms with Crippen molar-refractivity contribution in [3.63, 3.8) is 0 Å². The molecule has 0 saturated heterocycles. The van der Waals surface area contributed by atoms with Crippen molar-refractivity contribution in [1.29, 1.82) is 0 Å². The molecule has 1 aromatic rings. The second kappa shape index (κ2) is 6.21. The zero-order valence-corrected chi connectivity index (χ0v) is 12.2. The Morgan fingerprint density at radius 1 is 1.44 bits per heavy atom. The molecule has 0 aliphatic heterocycles. The van der Waals surface area contributed by atoms with Gasteiger partial charge in [0.1, 0.15) is 0 Å². The van der Waals surface area contributed by atoms with Crippen molar-refractivity contribution in [2.24, 2.45) is 5.92 Å². The molecule has 4 heteroatoms. The van der Waals surface area contributed by atoms with Crippen LogP contribution in [0.4, 0.5) is 5.69 Å². The fourth-order valence-corrected chi connectivity index (χ4v) is 1.75. The smallest absolute Gasteiger partial charge is 0.170 e. The molecule has 0 heterocycles. The fraction of sp³-hybridized carbons (Fsp3) is 0.417. The van der Waals surface area contributed by atoms with E-state index < -0.39 is 0 Å². The maximum Gasteiger partial charge on any atom is 0.170 e. The van der Waals surface area contributed by atoms with Gasteiger partial charge in [-0.25, -0.2) is 0 Å². The van der Waals surface area contributed by atoms with Crippen LogP contribution in [0.1, 0.15) is 19.4 Å². The normalized spacial score (nSPS) is 10.3. The summed E-state index contributed by atoms with van der Waals surface area (Å²) in [7, 11) is 0. The summed E-state index contributed by atoms with van der Waals surface area (Å²) in [5.41, 5.74) is 2.22. The lowest BCUT2D eigenvalue weighted by Gasteiger charge is -2.14. The predicted octanol–water partition coefficient (Wildman–Crippen LogP) is 3.70. The van der Waals surface area contributed by atoms with Gasteiger partial charge in [-0.15, -0.1) is 0 Å². The van der Waals surface area contributed by atoms with E-state index in [-0.39, 0.29) is 0 Å². The molecular weight excluding hydrogens is 284 g/mol. The van der Waals surface area contributed by atoms with Crippen LogP contribution in [-0.2, 0) is 0 Å². The average Bonchev–Trinajstić information content (AvgIpc) is 2.20. The number of rotatable bonds is 3. The molecule has 0 spiro atoms. The summed E-state index contributed by atoms with van der Waals surface area (Å²) < 4.78 is 1.05. The summed E-state index contributed by atoms with van der Waals surface area (Å²) in [6.45, 7) is 7.25. The first-order valence-electron chi connectivity index (χ1n) is 5.30. The molecule has 0 atom stereocenters. The van der Waals surface area contributed by atoms with Gasteiger partial charge < -0.3 is 10.6 Å². The Labute approximate surface area is 111 Å². The third-order valence-corrected chi connectivity index (χ3v) is 2.86. The van der Waals surface area contributed by atoms with Gasteiger partial charge in [0.2, 0.25) is 0 Å². The van der Waals surface area contributed by atoms with Gasteiger partial charge in [-0.05, 0) is 42.8 Å². The Kier molecular flexibility index (Phi) is 5.22. The zero-order chi connectivity index (χ0) is 12.1. The summed E-state index contributed by atoms with van der Waals surface area (Å²) >= 11 is 8.66. The second-order valence-corrected chi connectivity index (χ2v) is 5.51. The molecule has 0 radical (unpaired) electrons. The third kappa shape index (κ3) is 4.49. The highest BCUT2D eigenvalue weighted by atomic mass is 79.9. The predicted molar refractivity (Wildman–Crippen MR) is 77.9 cm³/mol. The Balaban J connectivity index is 2.59. The van der Waals surface area contributed by atoms with Crippen LogP contribution in [0.15, 0.2) is 22.7 Å². The number of anilines is 1. The number of nitrogens with one attached hydrogen (secondary N) is 2. The Morgan fingerprint density at radius 3 is 2.75 bits per heavy atom. The number of aryl methyl sites for hydroxylation is 1. The van der Waals surface area contributed by atoms with Crippen LogP contribution < -0.4 is 10.6 Å². The van der Waals surface area contributed by atoms with Gasteiger partial charge in [-0.2, -0.15) is 0 Å². The van der Waals surface area contributed by atoms with Crippen molar-refractivity contribution in [2.75, 3.05) is 11.9 Å². The molecule has 2 N–H and O–H groups in total. The molecule has 0 fully saturated rings. The first-order chi connectivity index (χ1) is 7.49. The highest BCUT2D eigenvalue weighted by molar-refractivity contribution is 9.10. The van der Waals surface area contributed by atoms with Crippen LogP contribution in [-0.4, -0.2) is 11.7 Å². The molecular formula is C12H17BrN2S. The first kappa shape index (κ1) is 13.5. The maximum absolute atomic E-state index is 5.22. The quantitative estimate of drug-likeness (QED) is 0.833. The van der Waals surface area contributed by atoms with E-state index in [1.165, 1.54) is 5.56 Å². The standard InChI is InChI=1S/C12H17BrN2S/c1-8(2)7-14-12(16)15-11-6-10(13)5-4-9(11)3/h4-6,8H,7H2,1-3H3,(H2,14,15,16). The zero-order valence-electron chi connectivity index (χ0n) is 9.80. The van der Waals surface area contributed by atoms with Gasteiger partial charge in [-0.1, -0.05) is 35.8 Å². The Hall–Kier alpha value is -0.610. The van der Waals surface area contributed by atoms with Crippen LogP contribution in [0, 0.1) is 12.8 Å². The Morgan fingerprint density at radius 2 is 2.12 bits per heavy atom. The van der Waals surface area contributed by atoms with Crippen LogP contribution in [0.2, 0.25) is 0 Å². The van der Waals surface area contributed by atoms with Gasteiger partial charge in [0.15, 0.2) is 5.11 Å². The summed E-state index contributed by atoms with van der Waals surface area (Å²) in [6, 6.07) is 6.10. The molecule has 0 aromatic heterocycles. The molecule has 1 rings (SSSR count). The van der Waals surface area contributed by atoms with Crippen molar-refractivity contribution in [2.45, 2.75) is 20.8 Å². The van der Waals surface area contributed by atoms with Crippen LogP contribution in [0.3, 0.4) is 0 Å². The van der Waals surface area contributed by atoms with Gasteiger partial charge in [0, 0.05) is 16.7 Å². The maximum atomic E-state index is 5.22. The minimum Gasteiger partial charge on any atom is -0.362 e. The van der Waals surface area contributed by atoms with Gasteiger partial charge in [0.05, 0.1) is 0 Å². The van der Waals surface area contributed by atoms with E-state index in [9.17, 15) is 0 Å². The van der Waals surface area contributed by atoms with Crippen LogP contribution in [0.25, 0.3) is 0 Å². The van der Waals surface area contributed by atoms with E-state index in [1.807, 2.05) is 12.1 Å². The molecule has 88 valence electrons. The monoisotopic (exact) mass is 300 g/mol. The van der Waals surface area contributed by atoms with Crippen LogP contribution >= 0.6 is 28.1 Å². The minimum absolute atomic E-state index is 0.586. The van der Waals surface area contributed by atoms with Gasteiger partial charge in [-0.3, -0.25) is 0 Å². The second-order valence-electron chi connectivity index (χ2n) is 4.19. The van der Waals surface area contributed by atoms with Crippen LogP contribution in [0.5, 0.6) is 0 Å². The molecule has 0 amide bonds. The number of hydrogen-bond acceptors (Lipinski definition) is 1. The SMILES string of the molecule is Cc1ccc(Br)cc1NC(=S)NCC(C)C. The fourth-order valence-electron chi connectivity index (χ4n) is 1.19. The average molecular weight is 301 g/mol. The molecule has 2 nitrogen and oxygen atoms in total. The van der Waals surface area contributed by atoms with Crippen molar-refractivity contribution in [3.05, 3.63) is 28.2 Å². The number of benzene rings is 1. The molecule has 0 aliphatic rings. The minimum atomic E-state index is 0.586. The van der Waals surface area contributed by atoms with E-state index >= 15 is 0 Å². The van der Waals surface area contributed by atoms with Crippen molar-refractivity contribution in [1.82, 2.24) is 5.32 Å². The molecule has 0 bridgehead atoms. The van der Waals surface area contributed by atoms with Gasteiger partial charge in [0.25, 0.3) is 0 Å². The van der Waals surface area contributed by atoms with Crippen molar-refractivity contribution >= 4 is 38.9 Å². The van der Waals surface area contributed by atoms with Crippen molar-refractivity contribution < 1.29 is 0 Å². The van der Waals surface area contributed by atoms with E-state index in [4.69, 9.17) is 12.2 Å². The number of halogens is 1. The highest BCUT2D eigenvalue weighted by Gasteiger charge is 2.02. The topological polar surface area (TPSA) is 24.1 Å². The van der Waals surface area contributed by atoms with E-state index in [0.29, 0.717) is 11.0 Å². The lowest BCUT2D eigenvalue weighted by molar-refractivity contribution is 0.627. The Bertz CT molecular complexity index is 377. The van der Waals surface area contributed by atoms with Gasteiger partial charge >= 0.3 is 0 Å². The first-order valence-corrected chi connectivity index (χ1v) is 6.50. The van der Waals surface area contributed by atoms with E-state index in [1.54, 1.807) is 0 Å². The summed E-state index contributed by atoms with van der Waals surface area (Å²) in [4.78, 5) is 0.